The van der Waals surface area contributed by atoms with Crippen LogP contribution in [0.25, 0.3) is 43.5 Å². The van der Waals surface area contributed by atoms with Crippen molar-refractivity contribution in [2.45, 2.75) is 0 Å². The van der Waals surface area contributed by atoms with E-state index in [4.69, 9.17) is 25.7 Å². The maximum Gasteiger partial charge on any atom is 0.0823 e. The zero-order valence-electron chi connectivity index (χ0n) is 15.1. The topological polar surface area (TPSA) is 0 Å². The van der Waals surface area contributed by atoms with E-state index in [1.54, 1.807) is 0 Å². The summed E-state index contributed by atoms with van der Waals surface area (Å²) >= 11 is 0. The summed E-state index contributed by atoms with van der Waals surface area (Å²) in [5.41, 5.74) is 1.01. The quantitative estimate of drug-likeness (QED) is 0.332. The molecule has 0 heterocycles. The van der Waals surface area contributed by atoms with Gasteiger partial charge in [-0.3, -0.25) is 0 Å². The van der Waals surface area contributed by atoms with Crippen molar-refractivity contribution in [2.75, 3.05) is 0 Å². The molecule has 0 saturated heterocycles. The molecule has 0 aromatic heterocycles. The highest BCUT2D eigenvalue weighted by Crippen LogP contribution is 2.22. The lowest BCUT2D eigenvalue weighted by Gasteiger charge is -2.11. The van der Waals surface area contributed by atoms with E-state index in [9.17, 15) is 0 Å². The first-order valence-electron chi connectivity index (χ1n) is 8.71. The summed E-state index contributed by atoms with van der Waals surface area (Å²) in [5.74, 6) is 10.7. The highest BCUT2D eigenvalue weighted by atomic mass is 14.1. The molecule has 0 amide bonds. The fraction of sp³-hybridized carbons (Fsp3) is 0. The summed E-state index contributed by atoms with van der Waals surface area (Å²) in [7, 11) is 0. The molecule has 0 N–H and O–H groups in total. The molecule has 4 rings (SSSR count). The molecule has 0 nitrogen and oxygen atoms in total. The number of fused-ring (bicyclic) bond motifs is 3. The predicted octanol–water partition coefficient (Wildman–Crippen LogP) is 3.98. The Kier molecular flexibility index (Phi) is 4.11. The van der Waals surface area contributed by atoms with Crippen LogP contribution in [0.5, 0.6) is 0 Å². The van der Waals surface area contributed by atoms with Crippen LogP contribution < -0.4 is 10.4 Å². The molecule has 0 bridgehead atoms. The van der Waals surface area contributed by atoms with Gasteiger partial charge in [0.2, 0.25) is 0 Å². The number of benzene rings is 4. The Morgan fingerprint density at radius 2 is 0.857 bits per heavy atom. The van der Waals surface area contributed by atoms with Crippen LogP contribution >= 0.6 is 0 Å². The van der Waals surface area contributed by atoms with Crippen molar-refractivity contribution in [3.63, 3.8) is 0 Å². The first-order valence-corrected chi connectivity index (χ1v) is 8.71. The average molecular weight is 350 g/mol. The zero-order chi connectivity index (χ0) is 19.7. The van der Waals surface area contributed by atoms with E-state index in [-0.39, 0.29) is 0 Å². The van der Waals surface area contributed by atoms with E-state index >= 15 is 0 Å². The first kappa shape index (κ1) is 17.1. The van der Waals surface area contributed by atoms with Crippen LogP contribution in [0.1, 0.15) is 0 Å². The second-order valence-electron chi connectivity index (χ2n) is 6.37. The van der Waals surface area contributed by atoms with Gasteiger partial charge in [0.05, 0.1) is 11.1 Å². The van der Waals surface area contributed by atoms with Gasteiger partial charge in [0.25, 0.3) is 0 Å². The van der Waals surface area contributed by atoms with E-state index < -0.39 is 0 Å². The summed E-state index contributed by atoms with van der Waals surface area (Å²) in [4.78, 5) is 0. The number of terminal acetylenes is 4. The summed E-state index contributed by atoms with van der Waals surface area (Å²) in [6, 6.07) is 20.3. The van der Waals surface area contributed by atoms with Crippen LogP contribution in [0, 0.1) is 49.4 Å². The third-order valence-corrected chi connectivity index (χ3v) is 4.97. The fourth-order valence-corrected chi connectivity index (χ4v) is 3.77. The SMILES string of the molecule is C#CC(C#C)=c1c2ccccc2c(=C(C#C)C#C)c2cc3ccccc3cc12. The van der Waals surface area contributed by atoms with Crippen LogP contribution in [-0.4, -0.2) is 0 Å². The van der Waals surface area contributed by atoms with Crippen LogP contribution in [0.2, 0.25) is 0 Å². The molecule has 4 aromatic carbocycles. The molecular formula is C28H14. The molecule has 0 atom stereocenters. The summed E-state index contributed by atoms with van der Waals surface area (Å²) < 4.78 is 0. The lowest BCUT2D eigenvalue weighted by Crippen LogP contribution is -2.18. The normalized spacial score (nSPS) is 10.0. The third-order valence-electron chi connectivity index (χ3n) is 4.97. The molecule has 28 heavy (non-hydrogen) atoms. The van der Waals surface area contributed by atoms with Gasteiger partial charge in [0.1, 0.15) is 0 Å². The standard InChI is InChI=1S/C28H14/c1-5-19(6-2)27-23-15-11-12-16-24(23)28(20(7-3)8-4)26-18-22-14-10-9-13-21(22)17-25(26)27/h1-4,9-18H. The van der Waals surface area contributed by atoms with Crippen molar-refractivity contribution in [1.82, 2.24) is 0 Å². The molecule has 0 aliphatic heterocycles. The van der Waals surface area contributed by atoms with Gasteiger partial charge in [0, 0.05) is 10.4 Å². The van der Waals surface area contributed by atoms with Gasteiger partial charge in [-0.05, 0) is 44.5 Å². The molecule has 0 spiro atoms. The molecule has 0 fully saturated rings. The van der Waals surface area contributed by atoms with Crippen molar-refractivity contribution in [3.8, 4) is 49.4 Å². The van der Waals surface area contributed by atoms with E-state index in [2.05, 4.69) is 47.9 Å². The highest BCUT2D eigenvalue weighted by molar-refractivity contribution is 6.10. The lowest BCUT2D eigenvalue weighted by atomic mass is 9.91. The largest absolute Gasteiger partial charge is 0.114 e. The van der Waals surface area contributed by atoms with Crippen molar-refractivity contribution in [2.24, 2.45) is 0 Å². The molecule has 0 radical (unpaired) electrons. The second-order valence-corrected chi connectivity index (χ2v) is 6.37. The van der Waals surface area contributed by atoms with Crippen LogP contribution in [0.3, 0.4) is 0 Å². The summed E-state index contributed by atoms with van der Waals surface area (Å²) in [6.07, 6.45) is 23.0. The summed E-state index contributed by atoms with van der Waals surface area (Å²) in [6.45, 7) is 0. The molecule has 126 valence electrons. The molecule has 0 unspecified atom stereocenters. The number of rotatable bonds is 0. The Morgan fingerprint density at radius 1 is 0.500 bits per heavy atom. The molecule has 0 saturated carbocycles. The van der Waals surface area contributed by atoms with E-state index in [1.165, 1.54) is 0 Å². The van der Waals surface area contributed by atoms with Crippen molar-refractivity contribution < 1.29 is 0 Å². The minimum Gasteiger partial charge on any atom is -0.114 e. The van der Waals surface area contributed by atoms with E-state index in [0.29, 0.717) is 11.1 Å². The molecule has 0 aliphatic rings. The van der Waals surface area contributed by atoms with Gasteiger partial charge in [-0.1, -0.05) is 72.2 Å². The Balaban J connectivity index is 2.57. The van der Waals surface area contributed by atoms with Crippen molar-refractivity contribution >= 4 is 43.5 Å². The maximum atomic E-state index is 5.76. The number of hydrogen-bond acceptors (Lipinski definition) is 0. The highest BCUT2D eigenvalue weighted by Gasteiger charge is 2.11. The Labute approximate surface area is 164 Å². The Morgan fingerprint density at radius 3 is 1.21 bits per heavy atom. The molecule has 4 aromatic rings. The lowest BCUT2D eigenvalue weighted by molar-refractivity contribution is 1.68. The van der Waals surface area contributed by atoms with Gasteiger partial charge >= 0.3 is 0 Å². The van der Waals surface area contributed by atoms with Gasteiger partial charge in [-0.25, -0.2) is 0 Å². The zero-order valence-corrected chi connectivity index (χ0v) is 15.1. The van der Waals surface area contributed by atoms with Crippen LogP contribution in [-0.2, 0) is 0 Å². The van der Waals surface area contributed by atoms with E-state index in [0.717, 1.165) is 42.8 Å². The van der Waals surface area contributed by atoms with E-state index in [1.807, 2.05) is 36.4 Å². The average Bonchev–Trinajstić information content (AvgIpc) is 2.75. The monoisotopic (exact) mass is 350 g/mol. The minimum atomic E-state index is 0.506. The molecular weight excluding hydrogens is 336 g/mol. The van der Waals surface area contributed by atoms with Gasteiger partial charge < -0.3 is 0 Å². The first-order chi connectivity index (χ1) is 13.7. The maximum absolute atomic E-state index is 5.76. The van der Waals surface area contributed by atoms with Crippen LogP contribution in [0.4, 0.5) is 0 Å². The third kappa shape index (κ3) is 2.43. The fourth-order valence-electron chi connectivity index (χ4n) is 3.77. The van der Waals surface area contributed by atoms with Crippen molar-refractivity contribution in [1.29, 1.82) is 0 Å². The van der Waals surface area contributed by atoms with Gasteiger partial charge in [-0.15, -0.1) is 25.7 Å². The Hall–Kier alpha value is -4.36. The second kappa shape index (κ2) is 6.75. The smallest absolute Gasteiger partial charge is 0.0823 e. The minimum absolute atomic E-state index is 0.506. The number of hydrogen-bond donors (Lipinski definition) is 0. The summed E-state index contributed by atoms with van der Waals surface area (Å²) in [5, 5.41) is 7.67. The van der Waals surface area contributed by atoms with Crippen LogP contribution in [0.15, 0.2) is 60.7 Å². The predicted molar refractivity (Wildman–Crippen MR) is 120 cm³/mol. The molecule has 0 aliphatic carbocycles. The molecule has 0 heteroatoms. The van der Waals surface area contributed by atoms with Gasteiger partial charge in [0.15, 0.2) is 0 Å². The Bertz CT molecular complexity index is 1430. The van der Waals surface area contributed by atoms with Crippen molar-refractivity contribution in [3.05, 3.63) is 71.1 Å². The van der Waals surface area contributed by atoms with Gasteiger partial charge in [-0.2, -0.15) is 0 Å².